The molecule has 0 atom stereocenters. The van der Waals surface area contributed by atoms with Crippen molar-refractivity contribution in [2.24, 2.45) is 0 Å². The van der Waals surface area contributed by atoms with Crippen LogP contribution in [-0.4, -0.2) is 30.0 Å². The minimum Gasteiger partial charge on any atom is -0.492 e. The molecule has 0 radical (unpaired) electrons. The van der Waals surface area contributed by atoms with E-state index in [-0.39, 0.29) is 24.1 Å². The number of aryl methyl sites for hydroxylation is 1. The van der Waals surface area contributed by atoms with Crippen LogP contribution in [0.15, 0.2) is 87.4 Å². The molecule has 0 fully saturated rings. The molecule has 0 saturated carbocycles. The van der Waals surface area contributed by atoms with Gasteiger partial charge in [-0.05, 0) is 31.2 Å². The number of aromatic nitrogens is 5. The van der Waals surface area contributed by atoms with Crippen LogP contribution in [0.3, 0.4) is 0 Å². The average Bonchev–Trinajstić information content (AvgIpc) is 3.48. The van der Waals surface area contributed by atoms with Gasteiger partial charge in [0.15, 0.2) is 5.82 Å². The first kappa shape index (κ1) is 20.9. The number of aromatic hydroxyl groups is 1. The molecule has 164 valence electrons. The molecule has 9 heteroatoms. The maximum atomic E-state index is 14.2. The van der Waals surface area contributed by atoms with Gasteiger partial charge in [-0.15, -0.1) is 0 Å². The zero-order valence-corrected chi connectivity index (χ0v) is 18.3. The van der Waals surface area contributed by atoms with E-state index in [1.165, 1.54) is 24.1 Å². The first-order chi connectivity index (χ1) is 16.1. The largest absolute Gasteiger partial charge is 0.492 e. The van der Waals surface area contributed by atoms with Gasteiger partial charge in [0.1, 0.15) is 23.5 Å². The van der Waals surface area contributed by atoms with Gasteiger partial charge in [0.05, 0.1) is 17.1 Å². The maximum Gasteiger partial charge on any atom is 0.228 e. The molecule has 5 aromatic rings. The summed E-state index contributed by atoms with van der Waals surface area (Å²) >= 11 is 1.37. The number of rotatable bonds is 6. The van der Waals surface area contributed by atoms with E-state index in [4.69, 9.17) is 4.52 Å². The fraction of sp³-hybridized carbons (Fsp3) is 0.0833. The zero-order chi connectivity index (χ0) is 22.8. The van der Waals surface area contributed by atoms with Crippen LogP contribution in [0, 0.1) is 12.7 Å². The van der Waals surface area contributed by atoms with Crippen LogP contribution >= 0.6 is 11.8 Å². The highest BCUT2D eigenvalue weighted by Crippen LogP contribution is 2.34. The van der Waals surface area contributed by atoms with Gasteiger partial charge in [-0.2, -0.15) is 10.1 Å². The topological polar surface area (TPSA) is 89.9 Å². The molecule has 1 N–H and O–H groups in total. The molecule has 33 heavy (non-hydrogen) atoms. The van der Waals surface area contributed by atoms with E-state index in [1.807, 2.05) is 31.2 Å². The smallest absolute Gasteiger partial charge is 0.228 e. The van der Waals surface area contributed by atoms with Crippen molar-refractivity contribution in [1.82, 2.24) is 24.9 Å². The molecule has 3 heterocycles. The van der Waals surface area contributed by atoms with Crippen LogP contribution < -0.4 is 0 Å². The number of halogens is 1. The van der Waals surface area contributed by atoms with Gasteiger partial charge < -0.3 is 9.63 Å². The van der Waals surface area contributed by atoms with Crippen molar-refractivity contribution in [2.75, 3.05) is 0 Å². The summed E-state index contributed by atoms with van der Waals surface area (Å²) in [5.74, 6) is -0.220. The second-order valence-corrected chi connectivity index (χ2v) is 8.46. The lowest BCUT2D eigenvalue weighted by atomic mass is 10.2. The van der Waals surface area contributed by atoms with Crippen molar-refractivity contribution >= 4 is 11.8 Å². The van der Waals surface area contributed by atoms with Gasteiger partial charge in [0, 0.05) is 22.7 Å². The molecule has 0 saturated heterocycles. The normalized spacial score (nSPS) is 11.1. The lowest BCUT2D eigenvalue weighted by Crippen LogP contribution is -2.06. The van der Waals surface area contributed by atoms with Crippen molar-refractivity contribution < 1.29 is 14.0 Å². The van der Waals surface area contributed by atoms with E-state index in [2.05, 4.69) is 20.2 Å². The Morgan fingerprint density at radius 3 is 2.61 bits per heavy atom. The Hall–Kier alpha value is -3.98. The van der Waals surface area contributed by atoms with Crippen LogP contribution in [0.25, 0.3) is 22.9 Å². The Morgan fingerprint density at radius 1 is 1.06 bits per heavy atom. The fourth-order valence-corrected chi connectivity index (χ4v) is 4.04. The minimum atomic E-state index is -0.327. The average molecular weight is 460 g/mol. The molecule has 0 aliphatic carbocycles. The Kier molecular flexibility index (Phi) is 5.62. The zero-order valence-electron chi connectivity index (χ0n) is 17.5. The molecule has 0 bridgehead atoms. The minimum absolute atomic E-state index is 0.141. The molecule has 7 nitrogen and oxygen atoms in total. The highest BCUT2D eigenvalue weighted by atomic mass is 32.2. The number of nitrogens with zero attached hydrogens (tertiary/aromatic N) is 5. The second kappa shape index (κ2) is 8.87. The lowest BCUT2D eigenvalue weighted by molar-refractivity contribution is 0.421. The van der Waals surface area contributed by atoms with Crippen molar-refractivity contribution in [3.63, 3.8) is 0 Å². The summed E-state index contributed by atoms with van der Waals surface area (Å²) in [6.07, 6.45) is 3.02. The molecule has 0 aliphatic rings. The van der Waals surface area contributed by atoms with E-state index in [1.54, 1.807) is 41.2 Å². The van der Waals surface area contributed by atoms with Crippen molar-refractivity contribution in [3.8, 4) is 28.8 Å². The van der Waals surface area contributed by atoms with Crippen LogP contribution in [0.4, 0.5) is 4.39 Å². The van der Waals surface area contributed by atoms with Crippen molar-refractivity contribution in [1.29, 1.82) is 0 Å². The lowest BCUT2D eigenvalue weighted by Gasteiger charge is -2.06. The number of hydrogen-bond donors (Lipinski definition) is 1. The Balaban J connectivity index is 1.48. The quantitative estimate of drug-likeness (QED) is 0.366. The van der Waals surface area contributed by atoms with Crippen LogP contribution in [0.2, 0.25) is 0 Å². The third-order valence-corrected chi connectivity index (χ3v) is 5.99. The first-order valence-electron chi connectivity index (χ1n) is 10.1. The van der Waals surface area contributed by atoms with Gasteiger partial charge in [-0.3, -0.25) is 4.68 Å². The van der Waals surface area contributed by atoms with Crippen molar-refractivity contribution in [2.45, 2.75) is 23.3 Å². The van der Waals surface area contributed by atoms with Gasteiger partial charge in [0.2, 0.25) is 5.88 Å². The summed E-state index contributed by atoms with van der Waals surface area (Å²) in [7, 11) is 0. The summed E-state index contributed by atoms with van der Waals surface area (Å²) in [6, 6.07) is 17.9. The number of hydrogen-bond acceptors (Lipinski definition) is 7. The molecule has 2 aromatic carbocycles. The van der Waals surface area contributed by atoms with Gasteiger partial charge in [0.25, 0.3) is 0 Å². The van der Waals surface area contributed by atoms with E-state index >= 15 is 0 Å². The summed E-state index contributed by atoms with van der Waals surface area (Å²) < 4.78 is 20.8. The van der Waals surface area contributed by atoms with Gasteiger partial charge in [-0.25, -0.2) is 9.37 Å². The highest BCUT2D eigenvalue weighted by molar-refractivity contribution is 7.99. The summed E-state index contributed by atoms with van der Waals surface area (Å²) in [5.41, 5.74) is 3.21. The van der Waals surface area contributed by atoms with Crippen LogP contribution in [0.5, 0.6) is 5.88 Å². The predicted molar refractivity (Wildman–Crippen MR) is 121 cm³/mol. The Labute approximate surface area is 192 Å². The standard InChI is InChI=1S/C24H18FN5O2S/c1-15-6-8-17(9-7-15)33-22-13-26-23(27-24(22)31)20-12-21(19-10-11-32-29-19)30(28-20)14-16-4-2-3-5-18(16)25/h2-13H,14H2,1H3,(H,26,27,31). The third kappa shape index (κ3) is 4.49. The van der Waals surface area contributed by atoms with Crippen LogP contribution in [0.1, 0.15) is 11.1 Å². The predicted octanol–water partition coefficient (Wildman–Crippen LogP) is 5.35. The fourth-order valence-electron chi connectivity index (χ4n) is 3.28. The molecular formula is C24H18FN5O2S. The molecular weight excluding hydrogens is 441 g/mol. The summed E-state index contributed by atoms with van der Waals surface area (Å²) in [6.45, 7) is 2.20. The van der Waals surface area contributed by atoms with E-state index in [0.717, 1.165) is 10.5 Å². The van der Waals surface area contributed by atoms with E-state index in [0.29, 0.717) is 27.5 Å². The van der Waals surface area contributed by atoms with Crippen LogP contribution in [-0.2, 0) is 6.54 Å². The Bertz CT molecular complexity index is 1400. The highest BCUT2D eigenvalue weighted by Gasteiger charge is 2.18. The maximum absolute atomic E-state index is 14.2. The molecule has 0 unspecified atom stereocenters. The van der Waals surface area contributed by atoms with Gasteiger partial charge >= 0.3 is 0 Å². The SMILES string of the molecule is Cc1ccc(Sc2cnc(-c3cc(-c4ccon4)n(Cc4ccccc4F)n3)nc2O)cc1. The van der Waals surface area contributed by atoms with Gasteiger partial charge in [-0.1, -0.05) is 52.8 Å². The third-order valence-electron chi connectivity index (χ3n) is 4.97. The monoisotopic (exact) mass is 459 g/mol. The first-order valence-corrected chi connectivity index (χ1v) is 10.9. The summed E-state index contributed by atoms with van der Waals surface area (Å²) in [5, 5.41) is 19.1. The summed E-state index contributed by atoms with van der Waals surface area (Å²) in [4.78, 5) is 10.1. The van der Waals surface area contributed by atoms with Crippen molar-refractivity contribution in [3.05, 3.63) is 90.1 Å². The molecule has 5 rings (SSSR count). The molecule has 0 amide bonds. The second-order valence-electron chi connectivity index (χ2n) is 7.35. The molecule has 0 aliphatic heterocycles. The molecule has 3 aromatic heterocycles. The van der Waals surface area contributed by atoms with E-state index < -0.39 is 0 Å². The number of benzene rings is 2. The van der Waals surface area contributed by atoms with E-state index in [9.17, 15) is 9.50 Å². The molecule has 0 spiro atoms. The Morgan fingerprint density at radius 2 is 1.88 bits per heavy atom.